The van der Waals surface area contributed by atoms with E-state index in [-0.39, 0.29) is 12.4 Å². The highest BCUT2D eigenvalue weighted by atomic mass is 19.4. The van der Waals surface area contributed by atoms with E-state index >= 15 is 0 Å². The first-order valence-electron chi connectivity index (χ1n) is 4.44. The number of para-hydroxylation sites is 1. The minimum Gasteiger partial charge on any atom is -0.405 e. The maximum atomic E-state index is 12.0. The minimum atomic E-state index is -4.66. The smallest absolute Gasteiger partial charge is 0.405 e. The highest BCUT2D eigenvalue weighted by Crippen LogP contribution is 2.26. The van der Waals surface area contributed by atoms with Crippen molar-refractivity contribution in [3.05, 3.63) is 29.8 Å². The van der Waals surface area contributed by atoms with Gasteiger partial charge in [0.1, 0.15) is 5.75 Å². The van der Waals surface area contributed by atoms with Crippen molar-refractivity contribution in [2.45, 2.75) is 19.9 Å². The molecule has 0 aliphatic heterocycles. The van der Waals surface area contributed by atoms with Gasteiger partial charge in [0.15, 0.2) is 0 Å². The van der Waals surface area contributed by atoms with Crippen LogP contribution in [-0.2, 0) is 11.3 Å². The van der Waals surface area contributed by atoms with Gasteiger partial charge in [0.05, 0.1) is 6.61 Å². The maximum Gasteiger partial charge on any atom is 0.573 e. The van der Waals surface area contributed by atoms with Crippen LogP contribution in [0.25, 0.3) is 0 Å². The van der Waals surface area contributed by atoms with E-state index in [1.54, 1.807) is 13.0 Å². The Kier molecular flexibility index (Phi) is 3.96. The molecule has 0 aliphatic carbocycles. The topological polar surface area (TPSA) is 18.5 Å². The normalized spacial score (nSPS) is 11.5. The second-order valence-corrected chi connectivity index (χ2v) is 2.79. The molecule has 2 nitrogen and oxygen atoms in total. The summed E-state index contributed by atoms with van der Waals surface area (Å²) in [5.41, 5.74) is 0.386. The average molecular weight is 220 g/mol. The molecule has 0 saturated carbocycles. The molecule has 1 aromatic rings. The van der Waals surface area contributed by atoms with Crippen LogP contribution in [0.4, 0.5) is 13.2 Å². The van der Waals surface area contributed by atoms with Gasteiger partial charge < -0.3 is 9.47 Å². The molecule has 5 heteroatoms. The van der Waals surface area contributed by atoms with E-state index < -0.39 is 6.36 Å². The molecular formula is C10H11F3O2. The summed E-state index contributed by atoms with van der Waals surface area (Å²) >= 11 is 0. The van der Waals surface area contributed by atoms with Crippen LogP contribution in [0.5, 0.6) is 5.75 Å². The van der Waals surface area contributed by atoms with E-state index in [0.717, 1.165) is 0 Å². The highest BCUT2D eigenvalue weighted by Gasteiger charge is 2.31. The van der Waals surface area contributed by atoms with Gasteiger partial charge in [-0.1, -0.05) is 18.2 Å². The first-order valence-corrected chi connectivity index (χ1v) is 4.44. The SMILES string of the molecule is CCOCc1ccccc1OC(F)(F)F. The summed E-state index contributed by atoms with van der Waals surface area (Å²) in [6.45, 7) is 2.33. The van der Waals surface area contributed by atoms with Gasteiger partial charge in [-0.15, -0.1) is 13.2 Å². The summed E-state index contributed by atoms with van der Waals surface area (Å²) in [6.07, 6.45) is -4.66. The van der Waals surface area contributed by atoms with E-state index in [1.165, 1.54) is 18.2 Å². The summed E-state index contributed by atoms with van der Waals surface area (Å²) in [5, 5.41) is 0. The number of ether oxygens (including phenoxy) is 2. The van der Waals surface area contributed by atoms with Crippen molar-refractivity contribution in [3.63, 3.8) is 0 Å². The molecule has 0 saturated heterocycles. The summed E-state index contributed by atoms with van der Waals surface area (Å²) < 4.78 is 44.8. The lowest BCUT2D eigenvalue weighted by molar-refractivity contribution is -0.275. The summed E-state index contributed by atoms with van der Waals surface area (Å²) in [6, 6.07) is 5.92. The van der Waals surface area contributed by atoms with Crippen LogP contribution in [0.3, 0.4) is 0 Å². The summed E-state index contributed by atoms with van der Waals surface area (Å²) in [4.78, 5) is 0. The molecule has 0 aliphatic rings. The lowest BCUT2D eigenvalue weighted by atomic mass is 10.2. The van der Waals surface area contributed by atoms with E-state index in [1.807, 2.05) is 0 Å². The predicted molar refractivity (Wildman–Crippen MR) is 48.5 cm³/mol. The fourth-order valence-electron chi connectivity index (χ4n) is 1.06. The Bertz CT molecular complexity index is 310. The number of rotatable bonds is 4. The molecule has 0 fully saturated rings. The third-order valence-corrected chi connectivity index (χ3v) is 1.66. The third-order valence-electron chi connectivity index (χ3n) is 1.66. The third kappa shape index (κ3) is 4.20. The minimum absolute atomic E-state index is 0.114. The number of benzene rings is 1. The van der Waals surface area contributed by atoms with Crippen LogP contribution in [0, 0.1) is 0 Å². The van der Waals surface area contributed by atoms with Crippen LogP contribution in [0.2, 0.25) is 0 Å². The van der Waals surface area contributed by atoms with Gasteiger partial charge in [0.25, 0.3) is 0 Å². The van der Waals surface area contributed by atoms with Crippen molar-refractivity contribution in [3.8, 4) is 5.75 Å². The van der Waals surface area contributed by atoms with Crippen molar-refractivity contribution < 1.29 is 22.6 Å². The van der Waals surface area contributed by atoms with Gasteiger partial charge in [-0.3, -0.25) is 0 Å². The van der Waals surface area contributed by atoms with E-state index in [0.29, 0.717) is 12.2 Å². The van der Waals surface area contributed by atoms with Crippen molar-refractivity contribution in [1.29, 1.82) is 0 Å². The van der Waals surface area contributed by atoms with Crippen molar-refractivity contribution in [1.82, 2.24) is 0 Å². The first-order chi connectivity index (χ1) is 7.03. The van der Waals surface area contributed by atoms with Crippen LogP contribution in [-0.4, -0.2) is 13.0 Å². The second kappa shape index (κ2) is 5.02. The van der Waals surface area contributed by atoms with Crippen LogP contribution < -0.4 is 4.74 Å². The highest BCUT2D eigenvalue weighted by molar-refractivity contribution is 5.32. The lowest BCUT2D eigenvalue weighted by Crippen LogP contribution is -2.18. The number of hydrogen-bond acceptors (Lipinski definition) is 2. The van der Waals surface area contributed by atoms with Crippen LogP contribution >= 0.6 is 0 Å². The van der Waals surface area contributed by atoms with Crippen LogP contribution in [0.15, 0.2) is 24.3 Å². The standard InChI is InChI=1S/C10H11F3O2/c1-2-14-7-8-5-3-4-6-9(8)15-10(11,12)13/h3-6H,2,7H2,1H3. The van der Waals surface area contributed by atoms with Crippen molar-refractivity contribution in [2.24, 2.45) is 0 Å². The first kappa shape index (κ1) is 11.8. The zero-order valence-electron chi connectivity index (χ0n) is 8.17. The molecule has 0 unspecified atom stereocenters. The van der Waals surface area contributed by atoms with Crippen molar-refractivity contribution in [2.75, 3.05) is 6.61 Å². The molecule has 15 heavy (non-hydrogen) atoms. The van der Waals surface area contributed by atoms with Gasteiger partial charge in [-0.05, 0) is 13.0 Å². The van der Waals surface area contributed by atoms with Gasteiger partial charge in [-0.2, -0.15) is 0 Å². The Morgan fingerprint density at radius 1 is 1.20 bits per heavy atom. The molecule has 1 rings (SSSR count). The number of alkyl halides is 3. The molecule has 0 aromatic heterocycles. The summed E-state index contributed by atoms with van der Waals surface area (Å²) in [5.74, 6) is -0.210. The molecular weight excluding hydrogens is 209 g/mol. The molecule has 84 valence electrons. The fraction of sp³-hybridized carbons (Fsp3) is 0.400. The maximum absolute atomic E-state index is 12.0. The molecule has 0 atom stereocenters. The fourth-order valence-corrected chi connectivity index (χ4v) is 1.06. The van der Waals surface area contributed by atoms with Gasteiger partial charge in [0, 0.05) is 12.2 Å². The van der Waals surface area contributed by atoms with Gasteiger partial charge >= 0.3 is 6.36 Å². The average Bonchev–Trinajstić information content (AvgIpc) is 2.14. The molecule has 0 bridgehead atoms. The zero-order valence-corrected chi connectivity index (χ0v) is 8.17. The van der Waals surface area contributed by atoms with E-state index in [9.17, 15) is 13.2 Å². The summed E-state index contributed by atoms with van der Waals surface area (Å²) in [7, 11) is 0. The largest absolute Gasteiger partial charge is 0.573 e. The molecule has 0 radical (unpaired) electrons. The van der Waals surface area contributed by atoms with E-state index in [2.05, 4.69) is 4.74 Å². The molecule has 1 aromatic carbocycles. The molecule has 0 amide bonds. The molecule has 0 heterocycles. The molecule has 0 spiro atoms. The second-order valence-electron chi connectivity index (χ2n) is 2.79. The van der Waals surface area contributed by atoms with Gasteiger partial charge in [-0.25, -0.2) is 0 Å². The Labute approximate surface area is 85.6 Å². The Morgan fingerprint density at radius 3 is 2.47 bits per heavy atom. The van der Waals surface area contributed by atoms with Gasteiger partial charge in [0.2, 0.25) is 0 Å². The van der Waals surface area contributed by atoms with Crippen molar-refractivity contribution >= 4 is 0 Å². The Hall–Kier alpha value is -1.23. The predicted octanol–water partition coefficient (Wildman–Crippen LogP) is 3.12. The lowest BCUT2D eigenvalue weighted by Gasteiger charge is -2.12. The Balaban J connectivity index is 2.77. The van der Waals surface area contributed by atoms with E-state index in [4.69, 9.17) is 4.74 Å². The number of halogens is 3. The molecule has 0 N–H and O–H groups in total. The Morgan fingerprint density at radius 2 is 1.87 bits per heavy atom. The number of hydrogen-bond donors (Lipinski definition) is 0. The quantitative estimate of drug-likeness (QED) is 0.776. The monoisotopic (exact) mass is 220 g/mol. The van der Waals surface area contributed by atoms with Crippen LogP contribution in [0.1, 0.15) is 12.5 Å². The zero-order chi connectivity index (χ0) is 11.3.